The molecule has 4 heteroatoms. The van der Waals surface area contributed by atoms with Gasteiger partial charge in [-0.1, -0.05) is 12.8 Å². The molecule has 0 unspecified atom stereocenters. The summed E-state index contributed by atoms with van der Waals surface area (Å²) in [7, 11) is 3.85. The molecule has 0 aromatic carbocycles. The first-order chi connectivity index (χ1) is 8.79. The van der Waals surface area contributed by atoms with E-state index >= 15 is 0 Å². The van der Waals surface area contributed by atoms with Gasteiger partial charge >= 0.3 is 0 Å². The monoisotopic (exact) mass is 249 g/mol. The van der Waals surface area contributed by atoms with Crippen LogP contribution in [0.2, 0.25) is 0 Å². The molecule has 0 radical (unpaired) electrons. The fourth-order valence-corrected chi connectivity index (χ4v) is 3.54. The molecule has 18 heavy (non-hydrogen) atoms. The van der Waals surface area contributed by atoms with E-state index in [9.17, 15) is 0 Å². The van der Waals surface area contributed by atoms with E-state index in [0.29, 0.717) is 5.92 Å². The smallest absolute Gasteiger partial charge is 0.0557 e. The highest BCUT2D eigenvalue weighted by Crippen LogP contribution is 2.33. The highest BCUT2D eigenvalue weighted by Gasteiger charge is 2.32. The molecule has 2 heterocycles. The predicted molar refractivity (Wildman–Crippen MR) is 70.5 cm³/mol. The number of hydrogen-bond acceptors (Lipinski definition) is 3. The third-order valence-electron chi connectivity index (χ3n) is 4.55. The predicted octanol–water partition coefficient (Wildman–Crippen LogP) is 1.91. The van der Waals surface area contributed by atoms with Crippen LogP contribution in [0.25, 0.3) is 0 Å². The van der Waals surface area contributed by atoms with Crippen LogP contribution < -0.4 is 0 Å². The Morgan fingerprint density at radius 3 is 2.89 bits per heavy atom. The topological polar surface area (TPSA) is 30.3 Å². The summed E-state index contributed by atoms with van der Waals surface area (Å²) < 4.78 is 7.44. The number of rotatable bonds is 3. The highest BCUT2D eigenvalue weighted by atomic mass is 16.5. The van der Waals surface area contributed by atoms with Crippen LogP contribution in [0.5, 0.6) is 0 Å². The molecular formula is C14H23N3O. The third-order valence-corrected chi connectivity index (χ3v) is 4.55. The van der Waals surface area contributed by atoms with Crippen LogP contribution in [0.15, 0.2) is 6.20 Å². The van der Waals surface area contributed by atoms with E-state index in [2.05, 4.69) is 17.0 Å². The molecule has 0 spiro atoms. The van der Waals surface area contributed by atoms with E-state index in [-0.39, 0.29) is 0 Å². The van der Waals surface area contributed by atoms with E-state index < -0.39 is 0 Å². The maximum atomic E-state index is 5.39. The molecule has 3 rings (SSSR count). The molecule has 1 saturated carbocycles. The Hall–Kier alpha value is -0.870. The Morgan fingerprint density at radius 1 is 1.39 bits per heavy atom. The van der Waals surface area contributed by atoms with Gasteiger partial charge in [0.25, 0.3) is 0 Å². The second-order valence-electron chi connectivity index (χ2n) is 5.69. The van der Waals surface area contributed by atoms with Crippen LogP contribution in [-0.4, -0.2) is 41.0 Å². The minimum Gasteiger partial charge on any atom is -0.384 e. The Balaban J connectivity index is 1.83. The third kappa shape index (κ3) is 2.08. The van der Waals surface area contributed by atoms with Crippen molar-refractivity contribution in [2.75, 3.05) is 20.3 Å². The van der Waals surface area contributed by atoms with E-state index in [4.69, 9.17) is 4.74 Å². The molecule has 0 N–H and O–H groups in total. The van der Waals surface area contributed by atoms with Gasteiger partial charge in [-0.15, -0.1) is 0 Å². The van der Waals surface area contributed by atoms with Crippen LogP contribution in [0.1, 0.15) is 42.9 Å². The fraction of sp³-hybridized carbons (Fsp3) is 0.786. The zero-order valence-corrected chi connectivity index (χ0v) is 11.4. The maximum Gasteiger partial charge on any atom is 0.0557 e. The van der Waals surface area contributed by atoms with E-state index in [1.54, 1.807) is 7.11 Å². The Bertz CT molecular complexity index is 409. The molecule has 1 atom stereocenters. The van der Waals surface area contributed by atoms with Gasteiger partial charge in [-0.05, 0) is 12.8 Å². The van der Waals surface area contributed by atoms with Gasteiger partial charge in [-0.3, -0.25) is 9.58 Å². The zero-order chi connectivity index (χ0) is 12.5. The van der Waals surface area contributed by atoms with Gasteiger partial charge in [0.15, 0.2) is 0 Å². The Morgan fingerprint density at radius 2 is 2.17 bits per heavy atom. The maximum absolute atomic E-state index is 5.39. The van der Waals surface area contributed by atoms with Gasteiger partial charge < -0.3 is 4.74 Å². The van der Waals surface area contributed by atoms with Crippen molar-refractivity contribution in [2.24, 2.45) is 7.05 Å². The molecule has 1 aromatic heterocycles. The second-order valence-corrected chi connectivity index (χ2v) is 5.69. The average molecular weight is 249 g/mol. The standard InChI is InChI=1S/C14H23N3O/c1-16-14-9-17(12-5-3-4-6-12)8-11(10-18-2)13(14)7-15-16/h7,11-12H,3-6,8-10H2,1-2H3/t11-/m1/s1. The van der Waals surface area contributed by atoms with Crippen LogP contribution in [-0.2, 0) is 18.3 Å². The van der Waals surface area contributed by atoms with Crippen LogP contribution >= 0.6 is 0 Å². The number of hydrogen-bond donors (Lipinski definition) is 0. The molecule has 100 valence electrons. The first kappa shape index (κ1) is 12.2. The van der Waals surface area contributed by atoms with Gasteiger partial charge in [-0.25, -0.2) is 0 Å². The molecular weight excluding hydrogens is 226 g/mol. The van der Waals surface area contributed by atoms with Gasteiger partial charge in [0.2, 0.25) is 0 Å². The minimum absolute atomic E-state index is 0.494. The lowest BCUT2D eigenvalue weighted by Gasteiger charge is -2.36. The summed E-state index contributed by atoms with van der Waals surface area (Å²) in [6, 6.07) is 0.785. The lowest BCUT2D eigenvalue weighted by Crippen LogP contribution is -2.41. The van der Waals surface area contributed by atoms with Crippen molar-refractivity contribution in [3.05, 3.63) is 17.5 Å². The molecule has 2 aliphatic rings. The number of aromatic nitrogens is 2. The number of aryl methyl sites for hydroxylation is 1. The first-order valence-electron chi connectivity index (χ1n) is 7.03. The van der Waals surface area contributed by atoms with Crippen molar-refractivity contribution in [1.82, 2.24) is 14.7 Å². The number of nitrogens with zero attached hydrogens (tertiary/aromatic N) is 3. The average Bonchev–Trinajstić information content (AvgIpc) is 3.00. The van der Waals surface area contributed by atoms with Crippen molar-refractivity contribution in [1.29, 1.82) is 0 Å². The SMILES string of the molecule is COC[C@H]1CN(C2CCCC2)Cc2c1cnn2C. The zero-order valence-electron chi connectivity index (χ0n) is 11.4. The normalized spacial score (nSPS) is 25.6. The highest BCUT2D eigenvalue weighted by molar-refractivity contribution is 5.26. The van der Waals surface area contributed by atoms with Crippen LogP contribution in [0.3, 0.4) is 0 Å². The molecule has 0 bridgehead atoms. The molecule has 0 amide bonds. The second kappa shape index (κ2) is 5.02. The summed E-state index contributed by atoms with van der Waals surface area (Å²) in [6.07, 6.45) is 7.56. The van der Waals surface area contributed by atoms with Crippen molar-refractivity contribution in [2.45, 2.75) is 44.2 Å². The first-order valence-corrected chi connectivity index (χ1v) is 7.03. The van der Waals surface area contributed by atoms with Crippen LogP contribution in [0, 0.1) is 0 Å². The molecule has 4 nitrogen and oxygen atoms in total. The summed E-state index contributed by atoms with van der Waals surface area (Å²) >= 11 is 0. The number of ether oxygens (including phenoxy) is 1. The lowest BCUT2D eigenvalue weighted by atomic mass is 9.94. The summed E-state index contributed by atoms with van der Waals surface area (Å²) in [4.78, 5) is 2.65. The fourth-order valence-electron chi connectivity index (χ4n) is 3.54. The van der Waals surface area contributed by atoms with Gasteiger partial charge in [0.05, 0.1) is 18.5 Å². The van der Waals surface area contributed by atoms with Gasteiger partial charge in [-0.2, -0.15) is 5.10 Å². The summed E-state index contributed by atoms with van der Waals surface area (Å²) in [5.74, 6) is 0.494. The van der Waals surface area contributed by atoms with E-state index in [1.807, 2.05) is 10.9 Å². The molecule has 1 aliphatic carbocycles. The van der Waals surface area contributed by atoms with Gasteiger partial charge in [0, 0.05) is 44.8 Å². The quantitative estimate of drug-likeness (QED) is 0.819. The number of methoxy groups -OCH3 is 1. The van der Waals surface area contributed by atoms with Gasteiger partial charge in [0.1, 0.15) is 0 Å². The molecule has 0 saturated heterocycles. The molecule has 1 aromatic rings. The molecule has 1 aliphatic heterocycles. The van der Waals surface area contributed by atoms with Crippen molar-refractivity contribution < 1.29 is 4.74 Å². The Labute approximate surface area is 109 Å². The summed E-state index contributed by atoms with van der Waals surface area (Å²) in [5, 5.41) is 4.43. The van der Waals surface area contributed by atoms with Crippen molar-refractivity contribution >= 4 is 0 Å². The molecule has 1 fully saturated rings. The van der Waals surface area contributed by atoms with Crippen LogP contribution in [0.4, 0.5) is 0 Å². The minimum atomic E-state index is 0.494. The number of fused-ring (bicyclic) bond motifs is 1. The summed E-state index contributed by atoms with van der Waals surface area (Å²) in [5.41, 5.74) is 2.78. The largest absolute Gasteiger partial charge is 0.384 e. The van der Waals surface area contributed by atoms with Crippen molar-refractivity contribution in [3.63, 3.8) is 0 Å². The lowest BCUT2D eigenvalue weighted by molar-refractivity contribution is 0.112. The van der Waals surface area contributed by atoms with E-state index in [1.165, 1.54) is 36.9 Å². The van der Waals surface area contributed by atoms with E-state index in [0.717, 1.165) is 25.7 Å². The summed E-state index contributed by atoms with van der Waals surface area (Å²) in [6.45, 7) is 3.01. The van der Waals surface area contributed by atoms with Crippen molar-refractivity contribution in [3.8, 4) is 0 Å². The Kier molecular flexibility index (Phi) is 3.39.